The number of rotatable bonds is 6. The van der Waals surface area contributed by atoms with Crippen molar-refractivity contribution in [1.29, 1.82) is 5.26 Å². The van der Waals surface area contributed by atoms with Gasteiger partial charge < -0.3 is 14.8 Å². The van der Waals surface area contributed by atoms with Gasteiger partial charge in [0, 0.05) is 24.0 Å². The Labute approximate surface area is 179 Å². The molecule has 9 heteroatoms. The molecule has 0 radical (unpaired) electrons. The number of nitrogens with zero attached hydrogens (tertiary/aromatic N) is 4. The Balaban J connectivity index is 1.31. The third-order valence-corrected chi connectivity index (χ3v) is 5.25. The molecule has 2 heterocycles. The summed E-state index contributed by atoms with van der Waals surface area (Å²) in [6.45, 7) is 0. The smallest absolute Gasteiger partial charge is 0.269 e. The van der Waals surface area contributed by atoms with Crippen LogP contribution in [0.3, 0.4) is 0 Å². The molecular formula is C22H22N6O3. The van der Waals surface area contributed by atoms with Crippen molar-refractivity contribution in [3.8, 4) is 29.0 Å². The van der Waals surface area contributed by atoms with Gasteiger partial charge in [-0.25, -0.2) is 9.97 Å². The maximum atomic E-state index is 12.6. The fourth-order valence-corrected chi connectivity index (χ4v) is 3.60. The Hall–Kier alpha value is -3.93. The molecule has 0 unspecified atom stereocenters. The second-order valence-corrected chi connectivity index (χ2v) is 7.29. The molecule has 3 aromatic rings. The molecular weight excluding hydrogens is 396 g/mol. The molecule has 4 rings (SSSR count). The molecule has 0 spiro atoms. The molecule has 1 amide bonds. The fraction of sp³-hybridized carbons (Fsp3) is 0.318. The van der Waals surface area contributed by atoms with Gasteiger partial charge in [-0.1, -0.05) is 12.1 Å². The molecule has 31 heavy (non-hydrogen) atoms. The van der Waals surface area contributed by atoms with Gasteiger partial charge in [0.05, 0.1) is 12.8 Å². The lowest BCUT2D eigenvalue weighted by Crippen LogP contribution is -2.40. The molecule has 1 aromatic carbocycles. The summed E-state index contributed by atoms with van der Waals surface area (Å²) in [5.74, 6) is 0.806. The molecule has 1 saturated carbocycles. The summed E-state index contributed by atoms with van der Waals surface area (Å²) in [6.07, 6.45) is 5.97. The van der Waals surface area contributed by atoms with Crippen molar-refractivity contribution in [3.05, 3.63) is 54.1 Å². The molecule has 0 aliphatic heterocycles. The maximum Gasteiger partial charge on any atom is 0.269 e. The van der Waals surface area contributed by atoms with E-state index in [4.69, 9.17) is 14.7 Å². The van der Waals surface area contributed by atoms with Crippen LogP contribution in [0.15, 0.2) is 42.7 Å². The summed E-state index contributed by atoms with van der Waals surface area (Å²) in [6, 6.07) is 11.3. The number of carbonyl (C=O) groups is 1. The quantitative estimate of drug-likeness (QED) is 0.630. The molecule has 2 N–H and O–H groups in total. The predicted molar refractivity (Wildman–Crippen MR) is 111 cm³/mol. The number of H-pyrrole nitrogens is 1. The lowest BCUT2D eigenvalue weighted by Gasteiger charge is -2.29. The Morgan fingerprint density at radius 3 is 2.77 bits per heavy atom. The molecule has 9 nitrogen and oxygen atoms in total. The largest absolute Gasteiger partial charge is 0.497 e. The third kappa shape index (κ3) is 4.80. The summed E-state index contributed by atoms with van der Waals surface area (Å²) >= 11 is 0. The SMILES string of the molecule is COc1cccc(-c2cc(C(=O)NC3CCC(Oc4nccnc4C#N)CC3)[nH]n2)c1. The predicted octanol–water partition coefficient (Wildman–Crippen LogP) is 2.87. The van der Waals surface area contributed by atoms with Gasteiger partial charge in [0.25, 0.3) is 11.8 Å². The Morgan fingerprint density at radius 2 is 2.00 bits per heavy atom. The summed E-state index contributed by atoms with van der Waals surface area (Å²) < 4.78 is 11.1. The highest BCUT2D eigenvalue weighted by atomic mass is 16.5. The van der Waals surface area contributed by atoms with Crippen molar-refractivity contribution in [2.24, 2.45) is 0 Å². The van der Waals surface area contributed by atoms with Crippen molar-refractivity contribution >= 4 is 5.91 Å². The lowest BCUT2D eigenvalue weighted by atomic mass is 9.93. The Bertz CT molecular complexity index is 1100. The second kappa shape index (κ2) is 9.26. The van der Waals surface area contributed by atoms with E-state index in [1.165, 1.54) is 12.4 Å². The van der Waals surface area contributed by atoms with Crippen LogP contribution in [0.2, 0.25) is 0 Å². The molecule has 0 saturated heterocycles. The van der Waals surface area contributed by atoms with Gasteiger partial charge in [-0.05, 0) is 43.9 Å². The van der Waals surface area contributed by atoms with E-state index in [2.05, 4.69) is 25.5 Å². The number of hydrogen-bond acceptors (Lipinski definition) is 7. The van der Waals surface area contributed by atoms with E-state index in [0.717, 1.165) is 37.0 Å². The zero-order chi connectivity index (χ0) is 21.6. The van der Waals surface area contributed by atoms with Crippen LogP contribution in [0.1, 0.15) is 41.9 Å². The van der Waals surface area contributed by atoms with Gasteiger partial charge >= 0.3 is 0 Å². The average Bonchev–Trinajstić information content (AvgIpc) is 3.31. The Morgan fingerprint density at radius 1 is 1.19 bits per heavy atom. The van der Waals surface area contributed by atoms with Gasteiger partial charge in [0.15, 0.2) is 0 Å². The number of aromatic nitrogens is 4. The number of aromatic amines is 1. The summed E-state index contributed by atoms with van der Waals surface area (Å²) in [5.41, 5.74) is 2.14. The summed E-state index contributed by atoms with van der Waals surface area (Å²) in [4.78, 5) is 20.7. The van der Waals surface area contributed by atoms with E-state index in [9.17, 15) is 4.79 Å². The van der Waals surface area contributed by atoms with Crippen LogP contribution in [-0.4, -0.2) is 45.3 Å². The lowest BCUT2D eigenvalue weighted by molar-refractivity contribution is 0.0884. The molecule has 1 aliphatic rings. The van der Waals surface area contributed by atoms with Crippen molar-refractivity contribution in [2.75, 3.05) is 7.11 Å². The number of carbonyl (C=O) groups excluding carboxylic acids is 1. The van der Waals surface area contributed by atoms with Gasteiger partial charge in [0.1, 0.15) is 23.6 Å². The summed E-state index contributed by atoms with van der Waals surface area (Å²) in [7, 11) is 1.61. The van der Waals surface area contributed by atoms with E-state index in [1.807, 2.05) is 30.3 Å². The minimum absolute atomic E-state index is 0.0493. The monoisotopic (exact) mass is 418 g/mol. The number of ether oxygens (including phenoxy) is 2. The Kier molecular flexibility index (Phi) is 6.08. The van der Waals surface area contributed by atoms with E-state index >= 15 is 0 Å². The molecule has 1 aliphatic carbocycles. The third-order valence-electron chi connectivity index (χ3n) is 5.25. The van der Waals surface area contributed by atoms with Gasteiger partial charge in [0.2, 0.25) is 5.69 Å². The van der Waals surface area contributed by atoms with E-state index in [0.29, 0.717) is 11.4 Å². The highest BCUT2D eigenvalue weighted by molar-refractivity contribution is 5.93. The number of hydrogen-bond donors (Lipinski definition) is 2. The molecule has 0 atom stereocenters. The number of methoxy groups -OCH3 is 1. The topological polar surface area (TPSA) is 126 Å². The van der Waals surface area contributed by atoms with Crippen LogP contribution in [0.5, 0.6) is 11.6 Å². The van der Waals surface area contributed by atoms with E-state index in [1.54, 1.807) is 13.2 Å². The maximum absolute atomic E-state index is 12.6. The van der Waals surface area contributed by atoms with Crippen molar-refractivity contribution in [3.63, 3.8) is 0 Å². The van der Waals surface area contributed by atoms with Crippen molar-refractivity contribution in [1.82, 2.24) is 25.5 Å². The van der Waals surface area contributed by atoms with Crippen LogP contribution in [0, 0.1) is 11.3 Å². The normalized spacial score (nSPS) is 18.1. The number of nitriles is 1. The molecule has 158 valence electrons. The van der Waals surface area contributed by atoms with Crippen LogP contribution in [0.25, 0.3) is 11.3 Å². The number of nitrogens with one attached hydrogen (secondary N) is 2. The fourth-order valence-electron chi connectivity index (χ4n) is 3.60. The van der Waals surface area contributed by atoms with Gasteiger partial charge in [-0.2, -0.15) is 10.4 Å². The van der Waals surface area contributed by atoms with E-state index in [-0.39, 0.29) is 29.6 Å². The standard InChI is InChI=1S/C22H22N6O3/c1-30-17-4-2-3-14(11-17)18-12-19(28-27-18)21(29)26-15-5-7-16(8-6-15)31-22-20(13-23)24-9-10-25-22/h2-4,9-12,15-16H,5-8H2,1H3,(H,26,29)(H,27,28). The van der Waals surface area contributed by atoms with Gasteiger partial charge in [-0.15, -0.1) is 0 Å². The van der Waals surface area contributed by atoms with Crippen LogP contribution in [-0.2, 0) is 0 Å². The number of amides is 1. The van der Waals surface area contributed by atoms with Crippen LogP contribution >= 0.6 is 0 Å². The van der Waals surface area contributed by atoms with Gasteiger partial charge in [-0.3, -0.25) is 9.89 Å². The number of benzene rings is 1. The molecule has 0 bridgehead atoms. The zero-order valence-electron chi connectivity index (χ0n) is 17.0. The zero-order valence-corrected chi connectivity index (χ0v) is 17.0. The summed E-state index contributed by atoms with van der Waals surface area (Å²) in [5, 5.41) is 19.2. The van der Waals surface area contributed by atoms with Crippen LogP contribution < -0.4 is 14.8 Å². The highest BCUT2D eigenvalue weighted by Gasteiger charge is 2.25. The first-order chi connectivity index (χ1) is 15.2. The van der Waals surface area contributed by atoms with Crippen LogP contribution in [0.4, 0.5) is 0 Å². The minimum atomic E-state index is -0.188. The first-order valence-corrected chi connectivity index (χ1v) is 10.0. The first-order valence-electron chi connectivity index (χ1n) is 10.0. The molecule has 1 fully saturated rings. The van der Waals surface area contributed by atoms with E-state index < -0.39 is 0 Å². The van der Waals surface area contributed by atoms with Crippen molar-refractivity contribution < 1.29 is 14.3 Å². The van der Waals surface area contributed by atoms with Crippen molar-refractivity contribution in [2.45, 2.75) is 37.8 Å². The average molecular weight is 418 g/mol. The minimum Gasteiger partial charge on any atom is -0.497 e. The first kappa shape index (κ1) is 20.3. The molecule has 2 aromatic heterocycles. The highest BCUT2D eigenvalue weighted by Crippen LogP contribution is 2.25. The second-order valence-electron chi connectivity index (χ2n) is 7.29.